The fraction of sp³-hybridized carbons (Fsp3) is 0.569. The number of rotatable bonds is 14. The van der Waals surface area contributed by atoms with Crippen LogP contribution in [0.2, 0.25) is 16.6 Å². The molecule has 3 saturated heterocycles. The molecule has 4 fully saturated rings. The molecule has 15 heteroatoms. The number of piperazine rings is 1. The van der Waals surface area contributed by atoms with Crippen molar-refractivity contribution in [3.63, 3.8) is 0 Å². The molecule has 4 unspecified atom stereocenters. The summed E-state index contributed by atoms with van der Waals surface area (Å²) < 4.78 is 63.9. The predicted molar refractivity (Wildman–Crippen MR) is 257 cm³/mol. The maximum absolute atomic E-state index is 18.1. The van der Waals surface area contributed by atoms with E-state index in [1.807, 2.05) is 30.6 Å². The Morgan fingerprint density at radius 2 is 1.58 bits per heavy atom. The number of halogens is 2. The fourth-order valence-electron chi connectivity index (χ4n) is 11.1. The molecule has 4 aliphatic rings. The highest BCUT2D eigenvalue weighted by atomic mass is 28.3. The summed E-state index contributed by atoms with van der Waals surface area (Å²) in [5.74, 6) is 4.38. The highest BCUT2D eigenvalue weighted by molar-refractivity contribution is 6.90. The number of amides is 1. The number of fused-ring (bicyclic) bond motifs is 5. The van der Waals surface area contributed by atoms with Gasteiger partial charge in [0.25, 0.3) is 0 Å². The highest BCUT2D eigenvalue weighted by Gasteiger charge is 2.47. The van der Waals surface area contributed by atoms with E-state index in [1.54, 1.807) is 18.2 Å². The normalized spacial score (nSPS) is 20.6. The molecule has 66 heavy (non-hydrogen) atoms. The van der Waals surface area contributed by atoms with Crippen LogP contribution in [0.5, 0.6) is 17.6 Å². The monoisotopic (exact) mass is 924 g/mol. The van der Waals surface area contributed by atoms with Crippen LogP contribution in [0.25, 0.3) is 32.9 Å². The minimum Gasteiger partial charge on any atom is -0.480 e. The number of hydrogen-bond acceptors (Lipinski definition) is 11. The third kappa shape index (κ3) is 9.17. The van der Waals surface area contributed by atoms with Gasteiger partial charge in [-0.1, -0.05) is 60.1 Å². The third-order valence-corrected chi connectivity index (χ3v) is 20.4. The van der Waals surface area contributed by atoms with Crippen molar-refractivity contribution in [2.45, 2.75) is 116 Å². The van der Waals surface area contributed by atoms with Crippen molar-refractivity contribution in [1.29, 1.82) is 0 Å². The number of benzene rings is 2. The summed E-state index contributed by atoms with van der Waals surface area (Å²) in [6.45, 7) is 26.8. The number of pyridine rings is 1. The van der Waals surface area contributed by atoms with Crippen LogP contribution in [0.4, 0.5) is 19.4 Å². The molecular formula is C51H66F2N6O6Si. The van der Waals surface area contributed by atoms with Crippen molar-refractivity contribution in [2.75, 3.05) is 65.2 Å². The minimum atomic E-state index is -2.34. The number of carbonyl (C=O) groups is 1. The largest absolute Gasteiger partial charge is 0.480 e. The van der Waals surface area contributed by atoms with Crippen LogP contribution in [-0.2, 0) is 9.47 Å². The summed E-state index contributed by atoms with van der Waals surface area (Å²) in [6, 6.07) is 6.04. The smallest absolute Gasteiger partial charge is 0.410 e. The zero-order valence-corrected chi connectivity index (χ0v) is 41.5. The number of aromatic nitrogens is 3. The number of nitrogens with zero attached hydrogens (tertiary/aromatic N) is 6. The lowest BCUT2D eigenvalue weighted by Gasteiger charge is -2.42. The summed E-state index contributed by atoms with van der Waals surface area (Å²) in [7, 11) is 0.636. The molecule has 354 valence electrons. The molecular weight excluding hydrogens is 859 g/mol. The molecule has 5 heterocycles. The van der Waals surface area contributed by atoms with E-state index in [0.29, 0.717) is 58.6 Å². The van der Waals surface area contributed by atoms with Crippen LogP contribution in [0.1, 0.15) is 87.1 Å². The van der Waals surface area contributed by atoms with Gasteiger partial charge in [0, 0.05) is 50.8 Å². The summed E-state index contributed by atoms with van der Waals surface area (Å²) >= 11 is 0. The van der Waals surface area contributed by atoms with Crippen LogP contribution in [0.15, 0.2) is 36.4 Å². The number of piperidine rings is 1. The van der Waals surface area contributed by atoms with Crippen LogP contribution in [0.3, 0.4) is 0 Å². The van der Waals surface area contributed by atoms with Gasteiger partial charge in [0.2, 0.25) is 5.88 Å². The Kier molecular flexibility index (Phi) is 13.3. The second-order valence-corrected chi connectivity index (χ2v) is 26.3. The topological polar surface area (TPSA) is 112 Å². The average molecular weight is 925 g/mol. The van der Waals surface area contributed by atoms with Crippen molar-refractivity contribution in [1.82, 2.24) is 24.8 Å². The minimum absolute atomic E-state index is 0.0417. The van der Waals surface area contributed by atoms with Gasteiger partial charge >= 0.3 is 12.1 Å². The lowest BCUT2D eigenvalue weighted by Crippen LogP contribution is -2.57. The molecule has 1 aliphatic carbocycles. The summed E-state index contributed by atoms with van der Waals surface area (Å²) in [5.41, 5.74) is 4.94. The van der Waals surface area contributed by atoms with E-state index in [0.717, 1.165) is 43.3 Å². The van der Waals surface area contributed by atoms with E-state index in [-0.39, 0.29) is 71.2 Å². The zero-order valence-electron chi connectivity index (χ0n) is 40.5. The Morgan fingerprint density at radius 1 is 0.909 bits per heavy atom. The van der Waals surface area contributed by atoms with Gasteiger partial charge < -0.3 is 28.6 Å². The molecule has 12 nitrogen and oxygen atoms in total. The number of likely N-dealkylation sites (tertiary alicyclic amines) is 1. The maximum Gasteiger partial charge on any atom is 0.410 e. The van der Waals surface area contributed by atoms with Crippen LogP contribution >= 0.6 is 0 Å². The summed E-state index contributed by atoms with van der Waals surface area (Å²) in [5, 5.41) is 1.21. The fourth-order valence-corrected chi connectivity index (χ4v) is 16.3. The number of carbonyl (C=O) groups excluding carboxylic acids is 1. The molecule has 0 radical (unpaired) electrons. The molecule has 2 aromatic carbocycles. The molecule has 2 bridgehead atoms. The van der Waals surface area contributed by atoms with E-state index in [4.69, 9.17) is 38.6 Å². The molecule has 1 amide bonds. The van der Waals surface area contributed by atoms with Gasteiger partial charge in [0.05, 0.1) is 24.8 Å². The number of ether oxygens (including phenoxy) is 5. The lowest BCUT2D eigenvalue weighted by molar-refractivity contribution is 0.0122. The standard InChI is InChI=1S/C51H66F2N6O6Si/c1-29(2)66(30(3)4,31(5)6)18-17-39-41(52)16-13-33-20-38(64-28-61-11)21-40(42(33)39)45-44(53)46-43(48(54-45)62-12)47(56-49(55-46)63-27-32(7)22-57-23-34-19-35(34)24-57)58-25-36-14-15-37(26-58)59(36)50(60)65-51(8,9)10/h13,16,20-21,29-31,34-37H,7,14-15,19,22-28H2,1-6,8-12H3. The van der Waals surface area contributed by atoms with E-state index in [2.05, 4.69) is 64.5 Å². The number of methoxy groups -OCH3 is 2. The lowest BCUT2D eigenvalue weighted by atomic mass is 9.95. The summed E-state index contributed by atoms with van der Waals surface area (Å²) in [6.07, 6.45) is 2.48. The second kappa shape index (κ2) is 18.6. The Labute approximate surface area is 389 Å². The first-order chi connectivity index (χ1) is 31.3. The van der Waals surface area contributed by atoms with E-state index in [9.17, 15) is 4.79 Å². The molecule has 8 rings (SSSR count). The van der Waals surface area contributed by atoms with Crippen molar-refractivity contribution in [2.24, 2.45) is 11.8 Å². The SMILES string of the molecule is C=C(COc1nc(N2CC3CCC(C2)N3C(=O)OC(C)(C)C)c2c(OC)nc(-c3cc(OCOC)cc4ccc(F)c(C#C[Si](C(C)C)(C(C)C)C(C)C)c34)c(F)c2n1)CN1CC2CC2C1. The number of anilines is 1. The van der Waals surface area contributed by atoms with Gasteiger partial charge in [0.1, 0.15) is 54.3 Å². The quantitative estimate of drug-likeness (QED) is 0.0522. The molecule has 3 aliphatic heterocycles. The molecule has 0 spiro atoms. The van der Waals surface area contributed by atoms with Gasteiger partial charge in [-0.15, -0.1) is 5.54 Å². The molecule has 4 aromatic rings. The predicted octanol–water partition coefficient (Wildman–Crippen LogP) is 10.2. The van der Waals surface area contributed by atoms with E-state index in [1.165, 1.54) is 26.7 Å². The highest BCUT2D eigenvalue weighted by Crippen LogP contribution is 2.46. The first-order valence-corrected chi connectivity index (χ1v) is 25.7. The Morgan fingerprint density at radius 3 is 2.18 bits per heavy atom. The van der Waals surface area contributed by atoms with Crippen LogP contribution < -0.4 is 19.1 Å². The van der Waals surface area contributed by atoms with Gasteiger partial charge in [-0.25, -0.2) is 18.6 Å². The van der Waals surface area contributed by atoms with Crippen molar-refractivity contribution >= 4 is 41.7 Å². The first kappa shape index (κ1) is 47.4. The Hall–Kier alpha value is -5.04. The van der Waals surface area contributed by atoms with Gasteiger partial charge in [-0.2, -0.15) is 9.97 Å². The van der Waals surface area contributed by atoms with Crippen molar-refractivity contribution in [3.05, 3.63) is 53.6 Å². The van der Waals surface area contributed by atoms with Crippen molar-refractivity contribution < 1.29 is 37.3 Å². The first-order valence-electron chi connectivity index (χ1n) is 23.5. The maximum atomic E-state index is 18.1. The molecule has 0 N–H and O–H groups in total. The Bertz CT molecular complexity index is 2540. The van der Waals surface area contributed by atoms with Gasteiger partial charge in [0.15, 0.2) is 12.6 Å². The zero-order chi connectivity index (χ0) is 47.4. The third-order valence-electron chi connectivity index (χ3n) is 14.1. The van der Waals surface area contributed by atoms with Crippen LogP contribution in [0, 0.1) is 34.9 Å². The van der Waals surface area contributed by atoms with Crippen molar-refractivity contribution in [3.8, 4) is 40.4 Å². The van der Waals surface area contributed by atoms with Gasteiger partial charge in [-0.05, 0) is 97.7 Å². The van der Waals surface area contributed by atoms with E-state index < -0.39 is 25.3 Å². The second-order valence-electron chi connectivity index (χ2n) is 20.7. The Balaban J connectivity index is 1.29. The number of hydrogen-bond donors (Lipinski definition) is 0. The summed E-state index contributed by atoms with van der Waals surface area (Å²) in [4.78, 5) is 34.4. The molecule has 2 aromatic heterocycles. The van der Waals surface area contributed by atoms with E-state index >= 15 is 8.78 Å². The van der Waals surface area contributed by atoms with Crippen LogP contribution in [-0.4, -0.2) is 117 Å². The molecule has 4 atom stereocenters. The van der Waals surface area contributed by atoms with Gasteiger partial charge in [-0.3, -0.25) is 9.80 Å². The molecule has 1 saturated carbocycles. The average Bonchev–Trinajstić information content (AvgIpc) is 3.77.